The molecule has 2 N–H and O–H groups in total. The van der Waals surface area contributed by atoms with Gasteiger partial charge in [-0.1, -0.05) is 48.0 Å². The van der Waals surface area contributed by atoms with Crippen molar-refractivity contribution in [3.63, 3.8) is 0 Å². The molecule has 2 rings (SSSR count). The van der Waals surface area contributed by atoms with Gasteiger partial charge in [-0.15, -0.1) is 0 Å². The Morgan fingerprint density at radius 1 is 1.24 bits per heavy atom. The lowest BCUT2D eigenvalue weighted by Crippen LogP contribution is -2.39. The van der Waals surface area contributed by atoms with Crippen LogP contribution in [0, 0.1) is 6.92 Å². The average Bonchev–Trinajstić information content (AvgIpc) is 2.50. The zero-order valence-corrected chi connectivity index (χ0v) is 12.6. The SMILES string of the molecule is Cc1ccc(Cl)cc1C(=O)NC(CO)Cc1ccccc1. The highest BCUT2D eigenvalue weighted by Crippen LogP contribution is 2.15. The minimum atomic E-state index is -0.321. The molecule has 0 aromatic heterocycles. The molecule has 0 saturated carbocycles. The van der Waals surface area contributed by atoms with Gasteiger partial charge in [-0.05, 0) is 36.6 Å². The molecule has 1 atom stereocenters. The largest absolute Gasteiger partial charge is 0.394 e. The number of amides is 1. The third-order valence-electron chi connectivity index (χ3n) is 3.32. The van der Waals surface area contributed by atoms with Crippen LogP contribution in [0.2, 0.25) is 5.02 Å². The molecule has 0 aliphatic carbocycles. The van der Waals surface area contributed by atoms with Gasteiger partial charge in [0.1, 0.15) is 0 Å². The number of aliphatic hydroxyl groups excluding tert-OH is 1. The second-order valence-electron chi connectivity index (χ2n) is 5.00. The van der Waals surface area contributed by atoms with Crippen LogP contribution in [0.25, 0.3) is 0 Å². The Kier molecular flexibility index (Phi) is 5.37. The van der Waals surface area contributed by atoms with Crippen molar-refractivity contribution in [1.82, 2.24) is 5.32 Å². The van der Waals surface area contributed by atoms with Gasteiger partial charge >= 0.3 is 0 Å². The summed E-state index contributed by atoms with van der Waals surface area (Å²) in [6.45, 7) is 1.75. The Labute approximate surface area is 129 Å². The Balaban J connectivity index is 2.07. The molecule has 1 amide bonds. The highest BCUT2D eigenvalue weighted by molar-refractivity contribution is 6.31. The number of benzene rings is 2. The van der Waals surface area contributed by atoms with E-state index in [1.165, 1.54) is 0 Å². The summed E-state index contributed by atoms with van der Waals surface area (Å²) >= 11 is 5.93. The molecule has 0 saturated heterocycles. The van der Waals surface area contributed by atoms with E-state index in [2.05, 4.69) is 5.32 Å². The van der Waals surface area contributed by atoms with Crippen molar-refractivity contribution >= 4 is 17.5 Å². The minimum Gasteiger partial charge on any atom is -0.394 e. The molecule has 110 valence electrons. The van der Waals surface area contributed by atoms with E-state index in [4.69, 9.17) is 11.6 Å². The number of aryl methyl sites for hydroxylation is 1. The fourth-order valence-corrected chi connectivity index (χ4v) is 2.33. The van der Waals surface area contributed by atoms with Gasteiger partial charge in [-0.2, -0.15) is 0 Å². The molecule has 0 heterocycles. The van der Waals surface area contributed by atoms with Gasteiger partial charge in [0, 0.05) is 10.6 Å². The van der Waals surface area contributed by atoms with Crippen LogP contribution < -0.4 is 5.32 Å². The molecular weight excluding hydrogens is 286 g/mol. The van der Waals surface area contributed by atoms with Crippen LogP contribution in [-0.4, -0.2) is 23.7 Å². The smallest absolute Gasteiger partial charge is 0.251 e. The van der Waals surface area contributed by atoms with Crippen LogP contribution in [-0.2, 0) is 6.42 Å². The maximum Gasteiger partial charge on any atom is 0.251 e. The first-order chi connectivity index (χ1) is 10.1. The summed E-state index contributed by atoms with van der Waals surface area (Å²) in [5.41, 5.74) is 2.46. The van der Waals surface area contributed by atoms with Crippen LogP contribution in [0.5, 0.6) is 0 Å². The van der Waals surface area contributed by atoms with Crippen molar-refractivity contribution in [2.75, 3.05) is 6.61 Å². The lowest BCUT2D eigenvalue weighted by molar-refractivity contribution is 0.0916. The van der Waals surface area contributed by atoms with Crippen LogP contribution >= 0.6 is 11.6 Å². The van der Waals surface area contributed by atoms with Gasteiger partial charge in [0.2, 0.25) is 0 Å². The van der Waals surface area contributed by atoms with Crippen LogP contribution in [0.15, 0.2) is 48.5 Å². The van der Waals surface area contributed by atoms with Crippen molar-refractivity contribution in [1.29, 1.82) is 0 Å². The van der Waals surface area contributed by atoms with Gasteiger partial charge in [-0.25, -0.2) is 0 Å². The molecule has 0 spiro atoms. The molecule has 0 bridgehead atoms. The quantitative estimate of drug-likeness (QED) is 0.892. The number of carbonyl (C=O) groups is 1. The number of halogens is 1. The number of aliphatic hydroxyl groups is 1. The predicted octanol–water partition coefficient (Wildman–Crippen LogP) is 2.98. The van der Waals surface area contributed by atoms with Crippen LogP contribution in [0.3, 0.4) is 0 Å². The zero-order chi connectivity index (χ0) is 15.2. The third kappa shape index (κ3) is 4.31. The molecule has 0 aliphatic rings. The first kappa shape index (κ1) is 15.5. The lowest BCUT2D eigenvalue weighted by atomic mass is 10.0. The van der Waals surface area contributed by atoms with E-state index < -0.39 is 0 Å². The van der Waals surface area contributed by atoms with Crippen molar-refractivity contribution < 1.29 is 9.90 Å². The molecule has 21 heavy (non-hydrogen) atoms. The van der Waals surface area contributed by atoms with E-state index in [9.17, 15) is 9.90 Å². The molecule has 4 heteroatoms. The van der Waals surface area contributed by atoms with E-state index in [1.807, 2.05) is 43.3 Å². The van der Waals surface area contributed by atoms with E-state index in [0.29, 0.717) is 17.0 Å². The number of nitrogens with one attached hydrogen (secondary N) is 1. The topological polar surface area (TPSA) is 49.3 Å². The molecule has 2 aromatic rings. The maximum absolute atomic E-state index is 12.3. The summed E-state index contributed by atoms with van der Waals surface area (Å²) in [6, 6.07) is 14.6. The van der Waals surface area contributed by atoms with Crippen LogP contribution in [0.1, 0.15) is 21.5 Å². The number of hydrogen-bond donors (Lipinski definition) is 2. The maximum atomic E-state index is 12.3. The van der Waals surface area contributed by atoms with E-state index in [1.54, 1.807) is 12.1 Å². The minimum absolute atomic E-state index is 0.111. The van der Waals surface area contributed by atoms with Gasteiger partial charge in [0.25, 0.3) is 5.91 Å². The second-order valence-corrected chi connectivity index (χ2v) is 5.44. The second kappa shape index (κ2) is 7.25. The molecule has 1 unspecified atom stereocenters. The number of hydrogen-bond acceptors (Lipinski definition) is 2. The van der Waals surface area contributed by atoms with Crippen molar-refractivity contribution in [3.05, 3.63) is 70.2 Å². The lowest BCUT2D eigenvalue weighted by Gasteiger charge is -2.17. The highest BCUT2D eigenvalue weighted by Gasteiger charge is 2.15. The van der Waals surface area contributed by atoms with Crippen molar-refractivity contribution in [2.45, 2.75) is 19.4 Å². The Morgan fingerprint density at radius 2 is 1.95 bits per heavy atom. The van der Waals surface area contributed by atoms with Gasteiger partial charge in [-0.3, -0.25) is 4.79 Å². The first-order valence-corrected chi connectivity index (χ1v) is 7.19. The fraction of sp³-hybridized carbons (Fsp3) is 0.235. The van der Waals surface area contributed by atoms with Gasteiger partial charge < -0.3 is 10.4 Å². The summed E-state index contributed by atoms with van der Waals surface area (Å²) in [4.78, 5) is 12.3. The molecule has 0 fully saturated rings. The number of rotatable bonds is 5. The molecule has 0 aliphatic heterocycles. The van der Waals surface area contributed by atoms with Gasteiger partial charge in [0.05, 0.1) is 12.6 Å². The number of carbonyl (C=O) groups excluding carboxylic acids is 1. The summed E-state index contributed by atoms with van der Waals surface area (Å²) < 4.78 is 0. The summed E-state index contributed by atoms with van der Waals surface area (Å²) in [5, 5.41) is 12.8. The molecule has 2 aromatic carbocycles. The van der Waals surface area contributed by atoms with E-state index in [-0.39, 0.29) is 18.6 Å². The average molecular weight is 304 g/mol. The predicted molar refractivity (Wildman–Crippen MR) is 84.7 cm³/mol. The monoisotopic (exact) mass is 303 g/mol. The normalized spacial score (nSPS) is 12.0. The summed E-state index contributed by atoms with van der Waals surface area (Å²) in [5.74, 6) is -0.218. The fourth-order valence-electron chi connectivity index (χ4n) is 2.16. The Hall–Kier alpha value is -1.84. The van der Waals surface area contributed by atoms with E-state index >= 15 is 0 Å². The van der Waals surface area contributed by atoms with E-state index in [0.717, 1.165) is 11.1 Å². The van der Waals surface area contributed by atoms with Crippen LogP contribution in [0.4, 0.5) is 0 Å². The van der Waals surface area contributed by atoms with Crippen molar-refractivity contribution in [2.24, 2.45) is 0 Å². The Bertz CT molecular complexity index is 613. The zero-order valence-electron chi connectivity index (χ0n) is 11.8. The first-order valence-electron chi connectivity index (χ1n) is 6.82. The van der Waals surface area contributed by atoms with Crippen molar-refractivity contribution in [3.8, 4) is 0 Å². The Morgan fingerprint density at radius 3 is 2.62 bits per heavy atom. The third-order valence-corrected chi connectivity index (χ3v) is 3.56. The summed E-state index contributed by atoms with van der Waals surface area (Å²) in [7, 11) is 0. The summed E-state index contributed by atoms with van der Waals surface area (Å²) in [6.07, 6.45) is 0.586. The standard InChI is InChI=1S/C17H18ClNO2/c1-12-7-8-14(18)10-16(12)17(21)19-15(11-20)9-13-5-3-2-4-6-13/h2-8,10,15,20H,9,11H2,1H3,(H,19,21). The van der Waals surface area contributed by atoms with Gasteiger partial charge in [0.15, 0.2) is 0 Å². The molecular formula is C17H18ClNO2. The molecule has 3 nitrogen and oxygen atoms in total. The highest BCUT2D eigenvalue weighted by atomic mass is 35.5. The molecule has 0 radical (unpaired) electrons.